The van der Waals surface area contributed by atoms with Gasteiger partial charge in [-0.2, -0.15) is 0 Å². The summed E-state index contributed by atoms with van der Waals surface area (Å²) in [6, 6.07) is 1.58. The highest BCUT2D eigenvalue weighted by Crippen LogP contribution is 2.29. The Hall–Kier alpha value is -2.18. The zero-order valence-electron chi connectivity index (χ0n) is 11.3. The zero-order valence-corrected chi connectivity index (χ0v) is 11.3. The number of piperidine rings is 1. The van der Waals surface area contributed by atoms with E-state index in [4.69, 9.17) is 0 Å². The molecule has 0 spiro atoms. The van der Waals surface area contributed by atoms with Gasteiger partial charge in [-0.25, -0.2) is 9.78 Å². The van der Waals surface area contributed by atoms with E-state index in [0.717, 1.165) is 0 Å². The number of aromatic nitrogens is 2. The summed E-state index contributed by atoms with van der Waals surface area (Å²) in [5.41, 5.74) is -1.40. The summed E-state index contributed by atoms with van der Waals surface area (Å²) in [4.78, 5) is 40.0. The first-order valence-corrected chi connectivity index (χ1v) is 6.45. The third-order valence-electron chi connectivity index (χ3n) is 3.65. The Morgan fingerprint density at radius 3 is 2.90 bits per heavy atom. The van der Waals surface area contributed by atoms with E-state index in [1.54, 1.807) is 13.0 Å². The second kappa shape index (κ2) is 5.44. The highest BCUT2D eigenvalue weighted by Gasteiger charge is 2.39. The zero-order chi connectivity index (χ0) is 14.8. The van der Waals surface area contributed by atoms with Gasteiger partial charge in [0.25, 0.3) is 0 Å². The van der Waals surface area contributed by atoms with Gasteiger partial charge < -0.3 is 10.0 Å². The molecule has 1 amide bonds. The van der Waals surface area contributed by atoms with Gasteiger partial charge in [-0.3, -0.25) is 14.2 Å². The molecule has 1 N–H and O–H groups in total. The molecule has 1 aromatic heterocycles. The van der Waals surface area contributed by atoms with Crippen molar-refractivity contribution in [2.45, 2.75) is 26.3 Å². The fourth-order valence-electron chi connectivity index (χ4n) is 2.38. The Morgan fingerprint density at radius 1 is 1.50 bits per heavy atom. The first-order chi connectivity index (χ1) is 9.42. The highest BCUT2D eigenvalue weighted by atomic mass is 16.4. The van der Waals surface area contributed by atoms with Crippen LogP contribution in [0.15, 0.2) is 23.3 Å². The molecule has 0 saturated carbocycles. The minimum absolute atomic E-state index is 0.109. The maximum atomic E-state index is 12.2. The minimum atomic E-state index is -0.909. The lowest BCUT2D eigenvalue weighted by Crippen LogP contribution is -2.49. The number of carbonyl (C=O) groups excluding carboxylic acids is 1. The molecule has 1 aliphatic heterocycles. The minimum Gasteiger partial charge on any atom is -0.481 e. The van der Waals surface area contributed by atoms with Gasteiger partial charge in [0, 0.05) is 25.5 Å². The lowest BCUT2D eigenvalue weighted by Gasteiger charge is -2.37. The topological polar surface area (TPSA) is 92.5 Å². The average Bonchev–Trinajstić information content (AvgIpc) is 2.41. The van der Waals surface area contributed by atoms with Crippen LogP contribution < -0.4 is 5.69 Å². The SMILES string of the molecule is CC1(C(=O)O)CCCN(C(=O)Cn2cccnc2=O)C1. The van der Waals surface area contributed by atoms with Crippen LogP contribution in [-0.4, -0.2) is 44.5 Å². The van der Waals surface area contributed by atoms with Crippen molar-refractivity contribution in [3.8, 4) is 0 Å². The predicted molar refractivity (Wildman–Crippen MR) is 70.1 cm³/mol. The number of amides is 1. The fourth-order valence-corrected chi connectivity index (χ4v) is 2.38. The summed E-state index contributed by atoms with van der Waals surface area (Å²) in [7, 11) is 0. The van der Waals surface area contributed by atoms with Crippen LogP contribution in [0.2, 0.25) is 0 Å². The van der Waals surface area contributed by atoms with Crippen molar-refractivity contribution in [2.24, 2.45) is 5.41 Å². The Morgan fingerprint density at radius 2 is 2.25 bits per heavy atom. The Bertz CT molecular complexity index is 583. The third-order valence-corrected chi connectivity index (χ3v) is 3.65. The first-order valence-electron chi connectivity index (χ1n) is 6.45. The summed E-state index contributed by atoms with van der Waals surface area (Å²) in [6.07, 6.45) is 4.06. The normalized spacial score (nSPS) is 22.6. The lowest BCUT2D eigenvalue weighted by atomic mass is 9.82. The van der Waals surface area contributed by atoms with Crippen molar-refractivity contribution < 1.29 is 14.7 Å². The van der Waals surface area contributed by atoms with Gasteiger partial charge >= 0.3 is 11.7 Å². The molecular formula is C13H17N3O4. The predicted octanol–water partition coefficient (Wildman–Crippen LogP) is -0.0434. The number of rotatable bonds is 3. The molecule has 2 rings (SSSR count). The summed E-state index contributed by atoms with van der Waals surface area (Å²) in [6.45, 7) is 2.24. The van der Waals surface area contributed by atoms with Crippen molar-refractivity contribution in [2.75, 3.05) is 13.1 Å². The molecule has 0 bridgehead atoms. The van der Waals surface area contributed by atoms with E-state index in [2.05, 4.69) is 4.98 Å². The third kappa shape index (κ3) is 2.87. The van der Waals surface area contributed by atoms with E-state index in [1.807, 2.05) is 0 Å². The molecule has 1 fully saturated rings. The lowest BCUT2D eigenvalue weighted by molar-refractivity contribution is -0.153. The van der Waals surface area contributed by atoms with Crippen LogP contribution >= 0.6 is 0 Å². The van der Waals surface area contributed by atoms with Crippen LogP contribution in [-0.2, 0) is 16.1 Å². The monoisotopic (exact) mass is 279 g/mol. The standard InChI is InChI=1S/C13H17N3O4/c1-13(11(18)19)4-2-6-16(9-13)10(17)8-15-7-3-5-14-12(15)20/h3,5,7H,2,4,6,8-9H2,1H3,(H,18,19). The van der Waals surface area contributed by atoms with Crippen LogP contribution in [0.1, 0.15) is 19.8 Å². The van der Waals surface area contributed by atoms with Crippen LogP contribution in [0.25, 0.3) is 0 Å². The first kappa shape index (κ1) is 14.2. The maximum Gasteiger partial charge on any atom is 0.347 e. The van der Waals surface area contributed by atoms with Crippen molar-refractivity contribution in [1.29, 1.82) is 0 Å². The van der Waals surface area contributed by atoms with E-state index in [0.29, 0.717) is 19.4 Å². The summed E-state index contributed by atoms with van der Waals surface area (Å²) < 4.78 is 1.22. The maximum absolute atomic E-state index is 12.2. The smallest absolute Gasteiger partial charge is 0.347 e. The number of carboxylic acids is 1. The van der Waals surface area contributed by atoms with E-state index in [9.17, 15) is 19.5 Å². The molecule has 7 heteroatoms. The van der Waals surface area contributed by atoms with Crippen LogP contribution in [0.3, 0.4) is 0 Å². The van der Waals surface area contributed by atoms with E-state index < -0.39 is 17.1 Å². The van der Waals surface area contributed by atoms with Gasteiger partial charge in [0.1, 0.15) is 6.54 Å². The molecule has 7 nitrogen and oxygen atoms in total. The van der Waals surface area contributed by atoms with Crippen molar-refractivity contribution >= 4 is 11.9 Å². The number of hydrogen-bond acceptors (Lipinski definition) is 4. The molecule has 1 saturated heterocycles. The molecule has 2 heterocycles. The van der Waals surface area contributed by atoms with Crippen molar-refractivity contribution in [3.05, 3.63) is 28.9 Å². The molecule has 0 aliphatic carbocycles. The molecule has 1 atom stereocenters. The Balaban J connectivity index is 2.08. The summed E-state index contributed by atoms with van der Waals surface area (Å²) >= 11 is 0. The van der Waals surface area contributed by atoms with Crippen LogP contribution in [0.5, 0.6) is 0 Å². The molecule has 0 radical (unpaired) electrons. The summed E-state index contributed by atoms with van der Waals surface area (Å²) in [5, 5.41) is 9.23. The molecule has 20 heavy (non-hydrogen) atoms. The second-order valence-electron chi connectivity index (χ2n) is 5.31. The largest absolute Gasteiger partial charge is 0.481 e. The molecule has 0 aromatic carbocycles. The van der Waals surface area contributed by atoms with Gasteiger partial charge in [0.15, 0.2) is 0 Å². The van der Waals surface area contributed by atoms with Crippen molar-refractivity contribution in [3.63, 3.8) is 0 Å². The molecule has 1 aromatic rings. The van der Waals surface area contributed by atoms with Crippen LogP contribution in [0, 0.1) is 5.41 Å². The van der Waals surface area contributed by atoms with Gasteiger partial charge in [-0.1, -0.05) is 0 Å². The second-order valence-corrected chi connectivity index (χ2v) is 5.31. The Kier molecular flexibility index (Phi) is 3.87. The van der Waals surface area contributed by atoms with Crippen LogP contribution in [0.4, 0.5) is 0 Å². The quantitative estimate of drug-likeness (QED) is 0.838. The number of nitrogens with zero attached hydrogens (tertiary/aromatic N) is 3. The highest BCUT2D eigenvalue weighted by molar-refractivity contribution is 5.79. The van der Waals surface area contributed by atoms with E-state index in [-0.39, 0.29) is 19.0 Å². The number of carboxylic acid groups (broad SMARTS) is 1. The summed E-state index contributed by atoms with van der Waals surface area (Å²) in [5.74, 6) is -1.15. The van der Waals surface area contributed by atoms with Gasteiger partial charge in [0.2, 0.25) is 5.91 Å². The van der Waals surface area contributed by atoms with E-state index >= 15 is 0 Å². The molecule has 1 unspecified atom stereocenters. The number of likely N-dealkylation sites (tertiary alicyclic amines) is 1. The van der Waals surface area contributed by atoms with Gasteiger partial charge in [-0.05, 0) is 25.8 Å². The molecule has 108 valence electrons. The van der Waals surface area contributed by atoms with Crippen molar-refractivity contribution in [1.82, 2.24) is 14.5 Å². The fraction of sp³-hybridized carbons (Fsp3) is 0.538. The average molecular weight is 279 g/mol. The molecular weight excluding hydrogens is 262 g/mol. The Labute approximate surface area is 115 Å². The number of carbonyl (C=O) groups is 2. The van der Waals surface area contributed by atoms with Gasteiger partial charge in [-0.15, -0.1) is 0 Å². The van der Waals surface area contributed by atoms with E-state index in [1.165, 1.54) is 21.9 Å². The van der Waals surface area contributed by atoms with Gasteiger partial charge in [0.05, 0.1) is 5.41 Å². The molecule has 1 aliphatic rings. The number of aliphatic carboxylic acids is 1. The number of hydrogen-bond donors (Lipinski definition) is 1.